The zero-order valence-corrected chi connectivity index (χ0v) is 10.9. The molecule has 0 aromatic heterocycles. The summed E-state index contributed by atoms with van der Waals surface area (Å²) in [6.45, 7) is 4.21. The van der Waals surface area contributed by atoms with Crippen LogP contribution in [-0.2, 0) is 0 Å². The van der Waals surface area contributed by atoms with E-state index in [2.05, 4.69) is 65.3 Å². The molecular formula is C14H17Br. The molecule has 1 heteroatoms. The summed E-state index contributed by atoms with van der Waals surface area (Å²) in [4.78, 5) is 0.301. The Hall–Kier alpha value is -0.820. The molecule has 1 atom stereocenters. The summed E-state index contributed by atoms with van der Waals surface area (Å²) in [5, 5.41) is 0. The van der Waals surface area contributed by atoms with Gasteiger partial charge in [0.15, 0.2) is 0 Å². The SMILES string of the molecule is C/C=C\C(=C/CC)C(Br)c1ccccc1. The van der Waals surface area contributed by atoms with Gasteiger partial charge in [0.25, 0.3) is 0 Å². The highest BCUT2D eigenvalue weighted by atomic mass is 79.9. The molecule has 0 fully saturated rings. The van der Waals surface area contributed by atoms with Crippen LogP contribution in [-0.4, -0.2) is 0 Å². The van der Waals surface area contributed by atoms with Gasteiger partial charge in [0.2, 0.25) is 0 Å². The Balaban J connectivity index is 2.91. The predicted octanol–water partition coefficient (Wildman–Crippen LogP) is 5.04. The Bertz CT molecular complexity index is 336. The van der Waals surface area contributed by atoms with Crippen molar-refractivity contribution in [3.05, 3.63) is 59.7 Å². The molecule has 80 valence electrons. The number of allylic oxidation sites excluding steroid dienone is 4. The average Bonchev–Trinajstić information content (AvgIpc) is 2.29. The molecule has 0 aliphatic rings. The van der Waals surface area contributed by atoms with Gasteiger partial charge in [0.05, 0.1) is 4.83 Å². The van der Waals surface area contributed by atoms with Crippen molar-refractivity contribution in [3.63, 3.8) is 0 Å². The van der Waals surface area contributed by atoms with E-state index in [9.17, 15) is 0 Å². The number of hydrogen-bond donors (Lipinski definition) is 0. The van der Waals surface area contributed by atoms with Gasteiger partial charge in [-0.25, -0.2) is 0 Å². The molecule has 0 saturated heterocycles. The van der Waals surface area contributed by atoms with Crippen molar-refractivity contribution in [2.24, 2.45) is 0 Å². The fraction of sp³-hybridized carbons (Fsp3) is 0.286. The monoisotopic (exact) mass is 264 g/mol. The Morgan fingerprint density at radius 3 is 2.53 bits per heavy atom. The van der Waals surface area contributed by atoms with Gasteiger partial charge in [-0.2, -0.15) is 0 Å². The van der Waals surface area contributed by atoms with Crippen LogP contribution in [0.25, 0.3) is 0 Å². The van der Waals surface area contributed by atoms with E-state index >= 15 is 0 Å². The first-order valence-corrected chi connectivity index (χ1v) is 6.23. The normalized spacial score (nSPS) is 14.5. The van der Waals surface area contributed by atoms with Crippen molar-refractivity contribution < 1.29 is 0 Å². The molecule has 1 rings (SSSR count). The zero-order chi connectivity index (χ0) is 11.1. The van der Waals surface area contributed by atoms with Crippen molar-refractivity contribution in [2.45, 2.75) is 25.1 Å². The van der Waals surface area contributed by atoms with Gasteiger partial charge in [-0.15, -0.1) is 0 Å². The highest BCUT2D eigenvalue weighted by Gasteiger charge is 2.09. The van der Waals surface area contributed by atoms with Crippen LogP contribution in [0.4, 0.5) is 0 Å². The van der Waals surface area contributed by atoms with Gasteiger partial charge < -0.3 is 0 Å². The molecule has 0 amide bonds. The maximum atomic E-state index is 3.73. The Morgan fingerprint density at radius 2 is 2.00 bits per heavy atom. The second kappa shape index (κ2) is 6.62. The second-order valence-electron chi connectivity index (χ2n) is 3.39. The van der Waals surface area contributed by atoms with E-state index < -0.39 is 0 Å². The number of benzene rings is 1. The molecule has 0 bridgehead atoms. The molecule has 0 aliphatic carbocycles. The van der Waals surface area contributed by atoms with Crippen LogP contribution in [0.1, 0.15) is 30.7 Å². The zero-order valence-electron chi connectivity index (χ0n) is 9.28. The molecule has 0 heterocycles. The highest BCUT2D eigenvalue weighted by Crippen LogP contribution is 2.31. The molecule has 0 aliphatic heterocycles. The summed E-state index contributed by atoms with van der Waals surface area (Å²) in [6.07, 6.45) is 7.57. The van der Waals surface area contributed by atoms with E-state index in [1.807, 2.05) is 13.0 Å². The largest absolute Gasteiger partial charge is 0.0873 e. The maximum absolute atomic E-state index is 3.73. The third-order valence-electron chi connectivity index (χ3n) is 2.18. The first-order chi connectivity index (χ1) is 7.29. The van der Waals surface area contributed by atoms with E-state index in [1.165, 1.54) is 11.1 Å². The van der Waals surface area contributed by atoms with Crippen LogP contribution >= 0.6 is 15.9 Å². The highest BCUT2D eigenvalue weighted by molar-refractivity contribution is 9.09. The van der Waals surface area contributed by atoms with E-state index in [0.717, 1.165) is 6.42 Å². The van der Waals surface area contributed by atoms with Crippen LogP contribution in [0.15, 0.2) is 54.1 Å². The summed E-state index contributed by atoms with van der Waals surface area (Å²) >= 11 is 3.73. The standard InChI is InChI=1S/C14H17Br/c1-3-8-12(9-4-2)14(15)13-10-6-5-7-11-13/h3,5-11,14H,4H2,1-2H3/b8-3-,12-9+. The van der Waals surface area contributed by atoms with Crippen LogP contribution < -0.4 is 0 Å². The van der Waals surface area contributed by atoms with Crippen LogP contribution in [0, 0.1) is 0 Å². The Kier molecular flexibility index (Phi) is 5.41. The molecule has 0 radical (unpaired) electrons. The van der Waals surface area contributed by atoms with Crippen LogP contribution in [0.5, 0.6) is 0 Å². The van der Waals surface area contributed by atoms with E-state index in [4.69, 9.17) is 0 Å². The molecule has 0 saturated carbocycles. The quantitative estimate of drug-likeness (QED) is 0.528. The van der Waals surface area contributed by atoms with Crippen molar-refractivity contribution in [2.75, 3.05) is 0 Å². The van der Waals surface area contributed by atoms with Crippen molar-refractivity contribution in [1.82, 2.24) is 0 Å². The van der Waals surface area contributed by atoms with Gasteiger partial charge >= 0.3 is 0 Å². The summed E-state index contributed by atoms with van der Waals surface area (Å²) in [7, 11) is 0. The molecule has 15 heavy (non-hydrogen) atoms. The molecule has 1 aromatic carbocycles. The lowest BCUT2D eigenvalue weighted by Crippen LogP contribution is -1.92. The number of alkyl halides is 1. The van der Waals surface area contributed by atoms with E-state index in [1.54, 1.807) is 0 Å². The minimum Gasteiger partial charge on any atom is -0.0873 e. The third-order valence-corrected chi connectivity index (χ3v) is 3.24. The molecule has 0 N–H and O–H groups in total. The van der Waals surface area contributed by atoms with Crippen molar-refractivity contribution >= 4 is 15.9 Å². The number of rotatable bonds is 4. The summed E-state index contributed by atoms with van der Waals surface area (Å²) in [5.41, 5.74) is 2.63. The smallest absolute Gasteiger partial charge is 0.0641 e. The molecule has 0 spiro atoms. The average molecular weight is 265 g/mol. The number of halogens is 1. The van der Waals surface area contributed by atoms with Gasteiger partial charge in [-0.1, -0.05) is 71.4 Å². The van der Waals surface area contributed by atoms with Crippen molar-refractivity contribution in [1.29, 1.82) is 0 Å². The van der Waals surface area contributed by atoms with Gasteiger partial charge in [0.1, 0.15) is 0 Å². The molecular weight excluding hydrogens is 248 g/mol. The Labute approximate surface area is 101 Å². The fourth-order valence-electron chi connectivity index (χ4n) is 1.50. The third kappa shape index (κ3) is 3.67. The topological polar surface area (TPSA) is 0 Å². The first kappa shape index (κ1) is 12.3. The Morgan fingerprint density at radius 1 is 1.33 bits per heavy atom. The predicted molar refractivity (Wildman–Crippen MR) is 71.3 cm³/mol. The first-order valence-electron chi connectivity index (χ1n) is 5.31. The molecule has 1 unspecified atom stereocenters. The second-order valence-corrected chi connectivity index (χ2v) is 4.30. The van der Waals surface area contributed by atoms with Crippen molar-refractivity contribution in [3.8, 4) is 0 Å². The molecule has 1 aromatic rings. The summed E-state index contributed by atoms with van der Waals surface area (Å²) in [6, 6.07) is 10.5. The summed E-state index contributed by atoms with van der Waals surface area (Å²) < 4.78 is 0. The van der Waals surface area contributed by atoms with E-state index in [-0.39, 0.29) is 0 Å². The fourth-order valence-corrected chi connectivity index (χ4v) is 2.14. The van der Waals surface area contributed by atoms with E-state index in [0.29, 0.717) is 4.83 Å². The molecule has 0 nitrogen and oxygen atoms in total. The summed E-state index contributed by atoms with van der Waals surface area (Å²) in [5.74, 6) is 0. The lowest BCUT2D eigenvalue weighted by molar-refractivity contribution is 1.12. The van der Waals surface area contributed by atoms with Crippen LogP contribution in [0.3, 0.4) is 0 Å². The lowest BCUT2D eigenvalue weighted by atomic mass is 10.0. The van der Waals surface area contributed by atoms with Gasteiger partial charge in [0, 0.05) is 0 Å². The minimum absolute atomic E-state index is 0.301. The number of hydrogen-bond acceptors (Lipinski definition) is 0. The maximum Gasteiger partial charge on any atom is 0.0641 e. The minimum atomic E-state index is 0.301. The van der Waals surface area contributed by atoms with Crippen LogP contribution in [0.2, 0.25) is 0 Å². The van der Waals surface area contributed by atoms with Gasteiger partial charge in [-0.05, 0) is 24.5 Å². The van der Waals surface area contributed by atoms with Gasteiger partial charge in [-0.3, -0.25) is 0 Å². The lowest BCUT2D eigenvalue weighted by Gasteiger charge is -2.11.